The number of amides is 1. The van der Waals surface area contributed by atoms with Crippen molar-refractivity contribution in [2.75, 3.05) is 4.90 Å². The van der Waals surface area contributed by atoms with E-state index in [1.54, 1.807) is 48.5 Å². The number of Topliss-reactive ketones (excluding diaryl/α,β-unsaturated/α-hetero) is 1. The Kier molecular flexibility index (Phi) is 6.75. The standard InChI is InChI=1S/C29H25ClN2O4S/c1-4-17-5-14-22-23(15-17)37-29(31-22)32-25(18-8-12-21(13-9-18)36-16(2)3)24(27(34)28(32)35)26(33)19-6-10-20(30)11-7-19/h5-16,25,33H,4H2,1-3H3/t25-/m0/s1. The molecule has 0 bridgehead atoms. The summed E-state index contributed by atoms with van der Waals surface area (Å²) in [7, 11) is 0. The lowest BCUT2D eigenvalue weighted by Crippen LogP contribution is -2.29. The summed E-state index contributed by atoms with van der Waals surface area (Å²) >= 11 is 7.37. The molecule has 3 aromatic carbocycles. The maximum atomic E-state index is 13.5. The molecule has 1 amide bonds. The van der Waals surface area contributed by atoms with Crippen molar-refractivity contribution < 1.29 is 19.4 Å². The van der Waals surface area contributed by atoms with Crippen molar-refractivity contribution in [1.29, 1.82) is 0 Å². The van der Waals surface area contributed by atoms with E-state index < -0.39 is 17.7 Å². The van der Waals surface area contributed by atoms with E-state index in [4.69, 9.17) is 21.3 Å². The van der Waals surface area contributed by atoms with Crippen molar-refractivity contribution in [2.24, 2.45) is 0 Å². The first-order chi connectivity index (χ1) is 17.8. The Bertz CT molecular complexity index is 1520. The second-order valence-corrected chi connectivity index (χ2v) is 10.5. The summed E-state index contributed by atoms with van der Waals surface area (Å²) in [5, 5.41) is 12.2. The van der Waals surface area contributed by atoms with Crippen LogP contribution in [-0.4, -0.2) is 27.9 Å². The van der Waals surface area contributed by atoms with E-state index in [0.717, 1.165) is 22.2 Å². The first kappa shape index (κ1) is 25.0. The number of thiazole rings is 1. The van der Waals surface area contributed by atoms with Gasteiger partial charge < -0.3 is 9.84 Å². The quantitative estimate of drug-likeness (QED) is 0.165. The van der Waals surface area contributed by atoms with Crippen LogP contribution in [0, 0.1) is 0 Å². The number of fused-ring (bicyclic) bond motifs is 1. The number of benzene rings is 3. The van der Waals surface area contributed by atoms with E-state index >= 15 is 0 Å². The number of anilines is 1. The van der Waals surface area contributed by atoms with Crippen LogP contribution in [0.5, 0.6) is 5.75 Å². The molecule has 6 nitrogen and oxygen atoms in total. The molecule has 1 atom stereocenters. The molecule has 0 spiro atoms. The first-order valence-electron chi connectivity index (χ1n) is 12.0. The van der Waals surface area contributed by atoms with Gasteiger partial charge in [-0.3, -0.25) is 14.5 Å². The molecule has 0 radical (unpaired) electrons. The number of carbonyl (C=O) groups excluding carboxylic acids is 2. The lowest BCUT2D eigenvalue weighted by molar-refractivity contribution is -0.132. The molecule has 1 aromatic heterocycles. The average Bonchev–Trinajstić information content (AvgIpc) is 3.41. The van der Waals surface area contributed by atoms with E-state index in [2.05, 4.69) is 6.92 Å². The molecule has 1 saturated heterocycles. The number of carbonyl (C=O) groups is 2. The Morgan fingerprint density at radius 1 is 1.08 bits per heavy atom. The third-order valence-corrected chi connectivity index (χ3v) is 7.46. The number of hydrogen-bond acceptors (Lipinski definition) is 6. The number of aryl methyl sites for hydroxylation is 1. The van der Waals surface area contributed by atoms with Crippen LogP contribution < -0.4 is 9.64 Å². The van der Waals surface area contributed by atoms with Crippen molar-refractivity contribution in [3.8, 4) is 5.75 Å². The van der Waals surface area contributed by atoms with E-state index in [0.29, 0.717) is 27.0 Å². The van der Waals surface area contributed by atoms with Crippen LogP contribution in [0.25, 0.3) is 16.0 Å². The smallest absolute Gasteiger partial charge is 0.301 e. The Hall–Kier alpha value is -3.68. The second-order valence-electron chi connectivity index (χ2n) is 9.06. The van der Waals surface area contributed by atoms with E-state index in [1.165, 1.54) is 16.2 Å². The van der Waals surface area contributed by atoms with E-state index in [9.17, 15) is 14.7 Å². The highest BCUT2D eigenvalue weighted by Gasteiger charge is 2.48. The minimum absolute atomic E-state index is 0.00152. The average molecular weight is 533 g/mol. The summed E-state index contributed by atoms with van der Waals surface area (Å²) < 4.78 is 6.69. The first-order valence-corrected chi connectivity index (χ1v) is 13.2. The monoisotopic (exact) mass is 532 g/mol. The molecular weight excluding hydrogens is 508 g/mol. The third-order valence-electron chi connectivity index (χ3n) is 6.19. The molecule has 0 unspecified atom stereocenters. The molecule has 37 heavy (non-hydrogen) atoms. The van der Waals surface area contributed by atoms with Crippen molar-refractivity contribution in [2.45, 2.75) is 39.3 Å². The molecule has 0 aliphatic carbocycles. The Morgan fingerprint density at radius 3 is 2.43 bits per heavy atom. The molecule has 1 N–H and O–H groups in total. The van der Waals surface area contributed by atoms with Gasteiger partial charge in [0, 0.05) is 10.6 Å². The molecule has 1 aliphatic heterocycles. The van der Waals surface area contributed by atoms with E-state index in [1.807, 2.05) is 32.0 Å². The summed E-state index contributed by atoms with van der Waals surface area (Å²) in [6, 6.07) is 18.8. The van der Waals surface area contributed by atoms with Gasteiger partial charge in [0.25, 0.3) is 5.78 Å². The maximum Gasteiger partial charge on any atom is 0.301 e. The van der Waals surface area contributed by atoms with Crippen LogP contribution >= 0.6 is 22.9 Å². The molecule has 0 saturated carbocycles. The Labute approximate surface area is 223 Å². The van der Waals surface area contributed by atoms with Crippen LogP contribution in [0.2, 0.25) is 5.02 Å². The zero-order valence-corrected chi connectivity index (χ0v) is 22.1. The molecule has 4 aromatic rings. The van der Waals surface area contributed by atoms with Crippen LogP contribution in [0.3, 0.4) is 0 Å². The van der Waals surface area contributed by atoms with Gasteiger partial charge in [0.15, 0.2) is 5.13 Å². The highest BCUT2D eigenvalue weighted by Crippen LogP contribution is 2.44. The highest BCUT2D eigenvalue weighted by molar-refractivity contribution is 7.22. The van der Waals surface area contributed by atoms with Gasteiger partial charge in [0.05, 0.1) is 27.9 Å². The number of ether oxygens (including phenoxy) is 1. The van der Waals surface area contributed by atoms with Gasteiger partial charge >= 0.3 is 5.91 Å². The van der Waals surface area contributed by atoms with Crippen molar-refractivity contribution in [1.82, 2.24) is 4.98 Å². The van der Waals surface area contributed by atoms with Gasteiger partial charge in [-0.25, -0.2) is 4.98 Å². The summed E-state index contributed by atoms with van der Waals surface area (Å²) in [5.41, 5.74) is 2.95. The Balaban J connectivity index is 1.68. The summed E-state index contributed by atoms with van der Waals surface area (Å²) in [4.78, 5) is 32.9. The fourth-order valence-corrected chi connectivity index (χ4v) is 5.57. The largest absolute Gasteiger partial charge is 0.507 e. The molecule has 1 aliphatic rings. The summed E-state index contributed by atoms with van der Waals surface area (Å²) in [6.07, 6.45) is 0.872. The number of ketones is 1. The molecule has 5 rings (SSSR count). The van der Waals surface area contributed by atoms with Crippen molar-refractivity contribution >= 4 is 55.7 Å². The minimum atomic E-state index is -0.866. The lowest BCUT2D eigenvalue weighted by atomic mass is 9.95. The van der Waals surface area contributed by atoms with Gasteiger partial charge in [-0.1, -0.05) is 48.1 Å². The van der Waals surface area contributed by atoms with Gasteiger partial charge in [-0.05, 0) is 79.9 Å². The molecule has 1 fully saturated rings. The predicted molar refractivity (Wildman–Crippen MR) is 147 cm³/mol. The van der Waals surface area contributed by atoms with Crippen LogP contribution in [-0.2, 0) is 16.0 Å². The fraction of sp³-hybridized carbons (Fsp3) is 0.207. The topological polar surface area (TPSA) is 79.7 Å². The number of halogens is 1. The number of nitrogens with zero attached hydrogens (tertiary/aromatic N) is 2. The van der Waals surface area contributed by atoms with Crippen molar-refractivity contribution in [3.05, 3.63) is 94.0 Å². The van der Waals surface area contributed by atoms with Crippen LogP contribution in [0.15, 0.2) is 72.3 Å². The minimum Gasteiger partial charge on any atom is -0.507 e. The van der Waals surface area contributed by atoms with Crippen molar-refractivity contribution in [3.63, 3.8) is 0 Å². The third kappa shape index (κ3) is 4.72. The summed E-state index contributed by atoms with van der Waals surface area (Å²) in [6.45, 7) is 5.95. The van der Waals surface area contributed by atoms with Crippen LogP contribution in [0.1, 0.15) is 43.5 Å². The predicted octanol–water partition coefficient (Wildman–Crippen LogP) is 6.93. The maximum absolute atomic E-state index is 13.5. The molecule has 188 valence electrons. The molecular formula is C29H25ClN2O4S. The number of hydrogen-bond donors (Lipinski definition) is 1. The number of aromatic nitrogens is 1. The lowest BCUT2D eigenvalue weighted by Gasteiger charge is -2.23. The SMILES string of the molecule is CCc1ccc2nc(N3C(=O)C(=O)C(=C(O)c4ccc(Cl)cc4)[C@@H]3c3ccc(OC(C)C)cc3)sc2c1. The number of aliphatic hydroxyl groups excluding tert-OH is 1. The fourth-order valence-electron chi connectivity index (χ4n) is 4.39. The second kappa shape index (κ2) is 10.00. The number of rotatable bonds is 6. The van der Waals surface area contributed by atoms with Crippen LogP contribution in [0.4, 0.5) is 5.13 Å². The van der Waals surface area contributed by atoms with Gasteiger partial charge in [-0.15, -0.1) is 0 Å². The van der Waals surface area contributed by atoms with Gasteiger partial charge in [0.1, 0.15) is 11.5 Å². The van der Waals surface area contributed by atoms with E-state index in [-0.39, 0.29) is 17.4 Å². The summed E-state index contributed by atoms with van der Waals surface area (Å²) in [5.74, 6) is -1.11. The molecule has 8 heteroatoms. The Morgan fingerprint density at radius 2 is 1.78 bits per heavy atom. The van der Waals surface area contributed by atoms with Gasteiger partial charge in [-0.2, -0.15) is 0 Å². The van der Waals surface area contributed by atoms with Gasteiger partial charge in [0.2, 0.25) is 0 Å². The normalized spacial score (nSPS) is 17.2. The highest BCUT2D eigenvalue weighted by atomic mass is 35.5. The zero-order valence-electron chi connectivity index (χ0n) is 20.6. The molecule has 2 heterocycles. The number of aliphatic hydroxyl groups is 1. The zero-order chi connectivity index (χ0) is 26.3.